The van der Waals surface area contributed by atoms with E-state index in [9.17, 15) is 22.0 Å². The van der Waals surface area contributed by atoms with Crippen LogP contribution in [0.5, 0.6) is 0 Å². The average molecular weight is 653 g/mol. The van der Waals surface area contributed by atoms with Crippen LogP contribution in [-0.2, 0) is 0 Å². The Hall–Kier alpha value is -6.21. The van der Waals surface area contributed by atoms with E-state index in [1.807, 2.05) is 89.8 Å². The summed E-state index contributed by atoms with van der Waals surface area (Å²) in [6, 6.07) is 48.5. The summed E-state index contributed by atoms with van der Waals surface area (Å²) in [7, 11) is 0. The highest BCUT2D eigenvalue weighted by Crippen LogP contribution is 2.39. The van der Waals surface area contributed by atoms with Crippen LogP contribution in [0.4, 0.5) is 39.0 Å². The third-order valence-corrected chi connectivity index (χ3v) is 8.78. The Kier molecular flexibility index (Phi) is 7.45. The van der Waals surface area contributed by atoms with Gasteiger partial charge in [-0.05, 0) is 83.4 Å². The van der Waals surface area contributed by atoms with Gasteiger partial charge in [-0.3, -0.25) is 0 Å². The Morgan fingerprint density at radius 1 is 0.367 bits per heavy atom. The second kappa shape index (κ2) is 12.1. The van der Waals surface area contributed by atoms with Gasteiger partial charge in [0.25, 0.3) is 0 Å². The molecule has 0 spiro atoms. The molecular formula is C42H25F5N2. The van der Waals surface area contributed by atoms with E-state index >= 15 is 0 Å². The number of benzene rings is 7. The first-order chi connectivity index (χ1) is 23.9. The number of hydrogen-bond acceptors (Lipinski definition) is 1. The lowest BCUT2D eigenvalue weighted by Crippen LogP contribution is -2.10. The predicted molar refractivity (Wildman–Crippen MR) is 186 cm³/mol. The number of nitrogens with zero attached hydrogens (tertiary/aromatic N) is 2. The summed E-state index contributed by atoms with van der Waals surface area (Å²) in [4.78, 5) is 1.95. The molecule has 0 radical (unpaired) electrons. The third-order valence-electron chi connectivity index (χ3n) is 8.78. The molecule has 8 rings (SSSR count). The predicted octanol–water partition coefficient (Wildman–Crippen LogP) is 12.3. The van der Waals surface area contributed by atoms with Crippen molar-refractivity contribution in [2.24, 2.45) is 0 Å². The topological polar surface area (TPSA) is 8.17 Å². The van der Waals surface area contributed by atoms with Crippen LogP contribution < -0.4 is 4.90 Å². The molecule has 0 aliphatic rings. The molecule has 0 unspecified atom stereocenters. The van der Waals surface area contributed by atoms with Crippen LogP contribution in [0.25, 0.3) is 49.7 Å². The molecule has 1 aromatic heterocycles. The molecule has 49 heavy (non-hydrogen) atoms. The molecule has 2 nitrogen and oxygen atoms in total. The van der Waals surface area contributed by atoms with Crippen LogP contribution >= 0.6 is 0 Å². The highest BCUT2D eigenvalue weighted by Gasteiger charge is 2.27. The maximum atomic E-state index is 14.6. The van der Waals surface area contributed by atoms with Crippen molar-refractivity contribution in [3.63, 3.8) is 0 Å². The number of aromatic nitrogens is 1. The Labute approximate surface area is 278 Å². The van der Waals surface area contributed by atoms with E-state index in [1.165, 1.54) is 12.1 Å². The molecule has 0 atom stereocenters. The zero-order valence-corrected chi connectivity index (χ0v) is 25.7. The molecule has 0 amide bonds. The third kappa shape index (κ3) is 5.11. The van der Waals surface area contributed by atoms with Crippen molar-refractivity contribution in [2.75, 3.05) is 4.90 Å². The number of anilines is 3. The lowest BCUT2D eigenvalue weighted by atomic mass is 10.0. The Bertz CT molecular complexity index is 2440. The molecule has 0 aliphatic heterocycles. The van der Waals surface area contributed by atoms with Crippen molar-refractivity contribution in [3.8, 4) is 27.9 Å². The van der Waals surface area contributed by atoms with Gasteiger partial charge in [0.15, 0.2) is 23.3 Å². The highest BCUT2D eigenvalue weighted by molar-refractivity contribution is 6.10. The first-order valence-corrected chi connectivity index (χ1v) is 15.6. The number of hydrogen-bond donors (Lipinski definition) is 0. The van der Waals surface area contributed by atoms with E-state index < -0.39 is 34.6 Å². The van der Waals surface area contributed by atoms with Crippen molar-refractivity contribution in [2.45, 2.75) is 0 Å². The van der Waals surface area contributed by atoms with Crippen molar-refractivity contribution in [1.29, 1.82) is 0 Å². The fraction of sp³-hybridized carbons (Fsp3) is 0. The summed E-state index contributed by atoms with van der Waals surface area (Å²) >= 11 is 0. The van der Waals surface area contributed by atoms with Crippen LogP contribution in [0.2, 0.25) is 0 Å². The van der Waals surface area contributed by atoms with E-state index in [4.69, 9.17) is 0 Å². The van der Waals surface area contributed by atoms with Crippen LogP contribution in [0.1, 0.15) is 0 Å². The fourth-order valence-corrected chi connectivity index (χ4v) is 6.47. The molecule has 0 N–H and O–H groups in total. The zero-order valence-electron chi connectivity index (χ0n) is 25.7. The number of para-hydroxylation sites is 3. The molecule has 8 aromatic rings. The van der Waals surface area contributed by atoms with Gasteiger partial charge in [0.1, 0.15) is 0 Å². The van der Waals surface area contributed by atoms with Crippen LogP contribution in [-0.4, -0.2) is 4.57 Å². The zero-order chi connectivity index (χ0) is 33.6. The number of fused-ring (bicyclic) bond motifs is 3. The molecule has 0 saturated carbocycles. The summed E-state index contributed by atoms with van der Waals surface area (Å²) in [5.74, 6) is -9.90. The molecule has 0 fully saturated rings. The molecular weight excluding hydrogens is 627 g/mol. The molecule has 0 aliphatic carbocycles. The second-order valence-electron chi connectivity index (χ2n) is 11.6. The number of halogens is 5. The maximum absolute atomic E-state index is 14.6. The second-order valence-corrected chi connectivity index (χ2v) is 11.6. The summed E-state index contributed by atoms with van der Waals surface area (Å²) in [5.41, 5.74) is 6.53. The van der Waals surface area contributed by atoms with Gasteiger partial charge in [-0.1, -0.05) is 84.9 Å². The maximum Gasteiger partial charge on any atom is 0.200 e. The highest BCUT2D eigenvalue weighted by atomic mass is 19.2. The Balaban J connectivity index is 1.18. The van der Waals surface area contributed by atoms with Gasteiger partial charge >= 0.3 is 0 Å². The van der Waals surface area contributed by atoms with Gasteiger partial charge in [0.05, 0.1) is 16.6 Å². The SMILES string of the molecule is Fc1c(F)c(F)c(-c2ccc(N(c3ccccc3)c3ccc(-c4ccc5c(c4)c4ccccc4n5-c4ccccc4)cc3)cc2)c(F)c1F. The van der Waals surface area contributed by atoms with Gasteiger partial charge in [0.2, 0.25) is 5.82 Å². The van der Waals surface area contributed by atoms with Gasteiger partial charge in [-0.15, -0.1) is 0 Å². The van der Waals surface area contributed by atoms with E-state index in [2.05, 4.69) is 47.0 Å². The summed E-state index contributed by atoms with van der Waals surface area (Å²) in [5, 5.41) is 2.30. The minimum Gasteiger partial charge on any atom is -0.311 e. The molecule has 0 bridgehead atoms. The molecule has 1 heterocycles. The van der Waals surface area contributed by atoms with Gasteiger partial charge in [0, 0.05) is 33.5 Å². The van der Waals surface area contributed by atoms with Gasteiger partial charge in [-0.2, -0.15) is 0 Å². The van der Waals surface area contributed by atoms with E-state index in [0.717, 1.165) is 50.0 Å². The van der Waals surface area contributed by atoms with Gasteiger partial charge < -0.3 is 9.47 Å². The summed E-state index contributed by atoms with van der Waals surface area (Å²) < 4.78 is 72.9. The van der Waals surface area contributed by atoms with E-state index in [-0.39, 0.29) is 5.56 Å². The molecule has 238 valence electrons. The molecule has 7 heteroatoms. The first kappa shape index (κ1) is 30.1. The van der Waals surface area contributed by atoms with Crippen LogP contribution in [0.3, 0.4) is 0 Å². The quantitative estimate of drug-likeness (QED) is 0.0986. The monoisotopic (exact) mass is 652 g/mol. The van der Waals surface area contributed by atoms with E-state index in [1.54, 1.807) is 12.1 Å². The standard InChI is InChI=1S/C42H25F5N2/c43-38-37(39(44)41(46)42(47)40(38)45)27-17-22-32(23-18-27)48(29-9-3-1-4-10-29)31-20-15-26(16-21-31)28-19-24-36-34(25-28)33-13-7-8-14-35(33)49(36)30-11-5-2-6-12-30/h1-25H. The molecule has 0 saturated heterocycles. The summed E-state index contributed by atoms with van der Waals surface area (Å²) in [6.07, 6.45) is 0. The Morgan fingerprint density at radius 3 is 1.47 bits per heavy atom. The first-order valence-electron chi connectivity index (χ1n) is 15.6. The summed E-state index contributed by atoms with van der Waals surface area (Å²) in [6.45, 7) is 0. The van der Waals surface area contributed by atoms with Crippen molar-refractivity contribution >= 4 is 38.9 Å². The average Bonchev–Trinajstić information content (AvgIpc) is 3.49. The van der Waals surface area contributed by atoms with Crippen LogP contribution in [0, 0.1) is 29.1 Å². The minimum absolute atomic E-state index is 0.135. The van der Waals surface area contributed by atoms with Crippen molar-refractivity contribution < 1.29 is 22.0 Å². The minimum atomic E-state index is -2.19. The smallest absolute Gasteiger partial charge is 0.200 e. The Morgan fingerprint density at radius 2 is 0.837 bits per heavy atom. The normalized spacial score (nSPS) is 11.4. The number of rotatable bonds is 6. The van der Waals surface area contributed by atoms with Crippen molar-refractivity contribution in [3.05, 3.63) is 181 Å². The van der Waals surface area contributed by atoms with Gasteiger partial charge in [-0.25, -0.2) is 22.0 Å². The lowest BCUT2D eigenvalue weighted by Gasteiger charge is -2.26. The molecule has 7 aromatic carbocycles. The lowest BCUT2D eigenvalue weighted by molar-refractivity contribution is 0.381. The van der Waals surface area contributed by atoms with E-state index in [0.29, 0.717) is 5.69 Å². The fourth-order valence-electron chi connectivity index (χ4n) is 6.47. The van der Waals surface area contributed by atoms with Crippen molar-refractivity contribution in [1.82, 2.24) is 4.57 Å². The largest absolute Gasteiger partial charge is 0.311 e. The van der Waals surface area contributed by atoms with Crippen LogP contribution in [0.15, 0.2) is 152 Å².